The molecule has 4 nitrogen and oxygen atoms in total. The number of hydrogen-bond donors (Lipinski definition) is 1. The third-order valence-corrected chi connectivity index (χ3v) is 8.40. The SMILES string of the molecule is CCOc1ccc(CCC2CCC(c3ccc4c(c3)SC(CC)(CC)O4)N2CO)cc1. The fraction of sp³-hybridized carbons (Fsp3) is 0.538. The smallest absolute Gasteiger partial charge is 0.158 e. The zero-order chi connectivity index (χ0) is 21.8. The molecule has 0 aliphatic carbocycles. The van der Waals surface area contributed by atoms with Gasteiger partial charge in [-0.1, -0.05) is 43.8 Å². The van der Waals surface area contributed by atoms with Gasteiger partial charge in [0.05, 0.1) is 18.2 Å². The van der Waals surface area contributed by atoms with E-state index in [9.17, 15) is 5.11 Å². The quantitative estimate of drug-likeness (QED) is 0.504. The van der Waals surface area contributed by atoms with Crippen molar-refractivity contribution in [3.05, 3.63) is 53.6 Å². The highest BCUT2D eigenvalue weighted by Gasteiger charge is 2.39. The van der Waals surface area contributed by atoms with Crippen molar-refractivity contribution in [1.29, 1.82) is 0 Å². The first-order valence-electron chi connectivity index (χ1n) is 11.7. The summed E-state index contributed by atoms with van der Waals surface area (Å²) in [4.78, 5) is 3.41. The Kier molecular flexibility index (Phi) is 7.15. The Hall–Kier alpha value is -1.69. The second kappa shape index (κ2) is 9.85. The monoisotopic (exact) mass is 441 g/mol. The Morgan fingerprint density at radius 1 is 1.10 bits per heavy atom. The zero-order valence-electron chi connectivity index (χ0n) is 19.0. The van der Waals surface area contributed by atoms with Gasteiger partial charge in [0.15, 0.2) is 4.93 Å². The summed E-state index contributed by atoms with van der Waals surface area (Å²) >= 11 is 1.86. The maximum absolute atomic E-state index is 10.2. The van der Waals surface area contributed by atoms with E-state index < -0.39 is 0 Å². The van der Waals surface area contributed by atoms with Crippen molar-refractivity contribution in [2.75, 3.05) is 13.3 Å². The van der Waals surface area contributed by atoms with Crippen LogP contribution >= 0.6 is 11.8 Å². The average molecular weight is 442 g/mol. The first-order valence-corrected chi connectivity index (χ1v) is 12.5. The van der Waals surface area contributed by atoms with E-state index in [1.165, 1.54) is 16.0 Å². The van der Waals surface area contributed by atoms with Crippen LogP contribution in [-0.4, -0.2) is 34.3 Å². The molecule has 1 N–H and O–H groups in total. The summed E-state index contributed by atoms with van der Waals surface area (Å²) < 4.78 is 11.8. The van der Waals surface area contributed by atoms with Crippen LogP contribution in [0.4, 0.5) is 0 Å². The highest BCUT2D eigenvalue weighted by molar-refractivity contribution is 8.00. The van der Waals surface area contributed by atoms with Crippen LogP contribution in [0.25, 0.3) is 0 Å². The summed E-state index contributed by atoms with van der Waals surface area (Å²) in [6, 6.07) is 15.7. The van der Waals surface area contributed by atoms with Crippen molar-refractivity contribution in [3.63, 3.8) is 0 Å². The standard InChI is InChI=1S/C26H35NO3S/c1-4-26(5-2)30-24-16-10-20(17-25(24)31-26)23-15-12-21(27(23)18-28)11-7-19-8-13-22(14-9-19)29-6-3/h8-10,13-14,16-17,21,23,28H,4-7,11-12,15,18H2,1-3H3. The summed E-state index contributed by atoms with van der Waals surface area (Å²) in [5.41, 5.74) is 2.63. The van der Waals surface area contributed by atoms with Crippen LogP contribution in [0, 0.1) is 0 Å². The van der Waals surface area contributed by atoms with Crippen LogP contribution in [0.3, 0.4) is 0 Å². The summed E-state index contributed by atoms with van der Waals surface area (Å²) in [6.07, 6.45) is 6.28. The third-order valence-electron chi connectivity index (χ3n) is 6.83. The van der Waals surface area contributed by atoms with Gasteiger partial charge in [-0.25, -0.2) is 0 Å². The Morgan fingerprint density at radius 2 is 1.87 bits per heavy atom. The third kappa shape index (κ3) is 4.74. The fourth-order valence-electron chi connectivity index (χ4n) is 4.93. The van der Waals surface area contributed by atoms with E-state index in [1.54, 1.807) is 0 Å². The molecule has 1 saturated heterocycles. The van der Waals surface area contributed by atoms with Gasteiger partial charge in [-0.3, -0.25) is 4.90 Å². The van der Waals surface area contributed by atoms with Gasteiger partial charge in [0.1, 0.15) is 11.5 Å². The summed E-state index contributed by atoms with van der Waals surface area (Å²) in [6.45, 7) is 7.20. The van der Waals surface area contributed by atoms with Gasteiger partial charge in [-0.05, 0) is 80.8 Å². The number of aryl methyl sites for hydroxylation is 1. The van der Waals surface area contributed by atoms with Gasteiger partial charge >= 0.3 is 0 Å². The minimum Gasteiger partial charge on any atom is -0.494 e. The molecule has 0 aromatic heterocycles. The van der Waals surface area contributed by atoms with Gasteiger partial charge in [-0.15, -0.1) is 0 Å². The summed E-state index contributed by atoms with van der Waals surface area (Å²) in [5.74, 6) is 1.94. The Bertz CT molecular complexity index is 865. The zero-order valence-corrected chi connectivity index (χ0v) is 19.8. The topological polar surface area (TPSA) is 41.9 Å². The van der Waals surface area contributed by atoms with Crippen LogP contribution in [0.1, 0.15) is 70.0 Å². The molecule has 0 amide bonds. The number of hydrogen-bond acceptors (Lipinski definition) is 5. The van der Waals surface area contributed by atoms with Crippen molar-refractivity contribution in [1.82, 2.24) is 4.90 Å². The molecule has 0 saturated carbocycles. The first kappa shape index (κ1) is 22.5. The first-order chi connectivity index (χ1) is 15.1. The molecule has 168 valence electrons. The molecular formula is C26H35NO3S. The minimum absolute atomic E-state index is 0.104. The Morgan fingerprint density at radius 3 is 2.55 bits per heavy atom. The highest BCUT2D eigenvalue weighted by atomic mass is 32.2. The molecule has 2 aliphatic rings. The second-order valence-electron chi connectivity index (χ2n) is 8.55. The molecule has 1 fully saturated rings. The van der Waals surface area contributed by atoms with E-state index in [0.717, 1.165) is 50.0 Å². The lowest BCUT2D eigenvalue weighted by Crippen LogP contribution is -2.32. The van der Waals surface area contributed by atoms with Gasteiger partial charge < -0.3 is 14.6 Å². The Labute approximate surface area is 190 Å². The lowest BCUT2D eigenvalue weighted by Gasteiger charge is -2.28. The number of ether oxygens (including phenoxy) is 2. The molecule has 2 aromatic carbocycles. The van der Waals surface area contributed by atoms with E-state index in [2.05, 4.69) is 61.2 Å². The number of benzene rings is 2. The minimum atomic E-state index is -0.118. The van der Waals surface area contributed by atoms with E-state index in [0.29, 0.717) is 12.6 Å². The predicted molar refractivity (Wildman–Crippen MR) is 127 cm³/mol. The molecular weight excluding hydrogens is 406 g/mol. The van der Waals surface area contributed by atoms with Crippen LogP contribution in [0.2, 0.25) is 0 Å². The maximum Gasteiger partial charge on any atom is 0.158 e. The average Bonchev–Trinajstić information content (AvgIpc) is 3.39. The van der Waals surface area contributed by atoms with Crippen molar-refractivity contribution in [2.45, 2.75) is 81.2 Å². The normalized spacial score (nSPS) is 22.3. The largest absolute Gasteiger partial charge is 0.494 e. The molecule has 4 rings (SSSR count). The summed E-state index contributed by atoms with van der Waals surface area (Å²) in [5, 5.41) is 10.2. The molecule has 0 radical (unpaired) electrons. The molecule has 2 aliphatic heterocycles. The van der Waals surface area contributed by atoms with E-state index in [-0.39, 0.29) is 17.7 Å². The molecule has 2 aromatic rings. The van der Waals surface area contributed by atoms with E-state index in [4.69, 9.17) is 9.47 Å². The van der Waals surface area contributed by atoms with Crippen molar-refractivity contribution in [3.8, 4) is 11.5 Å². The van der Waals surface area contributed by atoms with Crippen molar-refractivity contribution >= 4 is 11.8 Å². The predicted octanol–water partition coefficient (Wildman–Crippen LogP) is 6.17. The number of rotatable bonds is 9. The number of likely N-dealkylation sites (tertiary alicyclic amines) is 1. The summed E-state index contributed by atoms with van der Waals surface area (Å²) in [7, 11) is 0. The van der Waals surface area contributed by atoms with Crippen molar-refractivity contribution in [2.24, 2.45) is 0 Å². The number of aliphatic hydroxyl groups excluding tert-OH is 1. The molecule has 0 bridgehead atoms. The number of fused-ring (bicyclic) bond motifs is 1. The molecule has 2 atom stereocenters. The van der Waals surface area contributed by atoms with Gasteiger partial charge in [0.25, 0.3) is 0 Å². The highest BCUT2D eigenvalue weighted by Crippen LogP contribution is 2.52. The Balaban J connectivity index is 1.41. The molecule has 31 heavy (non-hydrogen) atoms. The van der Waals surface area contributed by atoms with Crippen LogP contribution < -0.4 is 9.47 Å². The molecule has 0 spiro atoms. The van der Waals surface area contributed by atoms with Gasteiger partial charge in [-0.2, -0.15) is 0 Å². The number of thioether (sulfide) groups is 1. The van der Waals surface area contributed by atoms with Crippen LogP contribution in [0.15, 0.2) is 47.4 Å². The lowest BCUT2D eigenvalue weighted by molar-refractivity contribution is 0.0596. The van der Waals surface area contributed by atoms with E-state index in [1.807, 2.05) is 18.7 Å². The number of nitrogens with zero attached hydrogens (tertiary/aromatic N) is 1. The molecule has 5 heteroatoms. The fourth-order valence-corrected chi connectivity index (χ4v) is 6.15. The van der Waals surface area contributed by atoms with Crippen LogP contribution in [0.5, 0.6) is 11.5 Å². The number of aliphatic hydroxyl groups is 1. The molecule has 2 heterocycles. The maximum atomic E-state index is 10.2. The van der Waals surface area contributed by atoms with Crippen molar-refractivity contribution < 1.29 is 14.6 Å². The van der Waals surface area contributed by atoms with Crippen LogP contribution in [-0.2, 0) is 6.42 Å². The lowest BCUT2D eigenvalue weighted by atomic mass is 10.0. The van der Waals surface area contributed by atoms with Gasteiger partial charge in [0.2, 0.25) is 0 Å². The molecule has 2 unspecified atom stereocenters. The van der Waals surface area contributed by atoms with E-state index >= 15 is 0 Å². The second-order valence-corrected chi connectivity index (χ2v) is 9.93. The van der Waals surface area contributed by atoms with Gasteiger partial charge in [0, 0.05) is 12.1 Å².